The maximum Gasteiger partial charge on any atom is 0.434 e. The topological polar surface area (TPSA) is 87.2 Å². The minimum Gasteiger partial charge on any atom is -0.445 e. The smallest absolute Gasteiger partial charge is 0.434 e. The Bertz CT molecular complexity index is 1380. The molecule has 0 bridgehead atoms. The molecule has 8 atom stereocenters. The van der Waals surface area contributed by atoms with E-state index in [-0.39, 0.29) is 40.8 Å². The van der Waals surface area contributed by atoms with Crippen molar-refractivity contribution < 1.29 is 39.5 Å². The Hall–Kier alpha value is -1.73. The van der Waals surface area contributed by atoms with Gasteiger partial charge in [-0.05, 0) is 70.1 Å². The summed E-state index contributed by atoms with van der Waals surface area (Å²) in [7, 11) is -3.19. The monoisotopic (exact) mass is 655 g/mol. The van der Waals surface area contributed by atoms with E-state index >= 15 is 0 Å². The van der Waals surface area contributed by atoms with Crippen molar-refractivity contribution in [2.45, 2.75) is 125 Å². The van der Waals surface area contributed by atoms with Crippen LogP contribution in [0.5, 0.6) is 0 Å². The molecule has 3 saturated carbocycles. The van der Waals surface area contributed by atoms with Gasteiger partial charge in [-0.2, -0.15) is 22.0 Å². The van der Waals surface area contributed by atoms with Crippen molar-refractivity contribution in [2.75, 3.05) is 6.26 Å². The van der Waals surface area contributed by atoms with Crippen molar-refractivity contribution in [1.82, 2.24) is 14.5 Å². The third kappa shape index (κ3) is 7.24. The Balaban J connectivity index is 1.48. The summed E-state index contributed by atoms with van der Waals surface area (Å²) in [5.74, 6) is 1.08. The van der Waals surface area contributed by atoms with Crippen LogP contribution in [0.25, 0.3) is 0 Å². The first-order valence-corrected chi connectivity index (χ1v) is 17.4. The van der Waals surface area contributed by atoms with Gasteiger partial charge in [0.15, 0.2) is 11.6 Å². The molecule has 2 aromatic rings. The molecule has 0 amide bonds. The van der Waals surface area contributed by atoms with Crippen molar-refractivity contribution in [3.05, 3.63) is 35.1 Å². The molecule has 14 heteroatoms. The van der Waals surface area contributed by atoms with Crippen LogP contribution in [-0.4, -0.2) is 52.6 Å². The zero-order valence-corrected chi connectivity index (χ0v) is 26.1. The standard InChI is InChI=1S/C29H39ClF5N3O4S/c1-15-36-25(29(33,34)35)14-38(15)23-9-7-18(17-5-4-6-20(11-17)43(3,39)40)12-21(23)26-27(41-16(2)37-26)19-8-10-24(22(30)13-19)42-28(31)32/h14,17-24,28H,4-13H2,1-3H3. The highest BCUT2D eigenvalue weighted by Crippen LogP contribution is 2.51. The molecule has 0 aromatic carbocycles. The fraction of sp³-hybridized carbons (Fsp3) is 0.793. The second-order valence-corrected chi connectivity index (χ2v) is 15.5. The van der Waals surface area contributed by atoms with Gasteiger partial charge in [0.1, 0.15) is 21.4 Å². The van der Waals surface area contributed by atoms with Crippen molar-refractivity contribution in [3.63, 3.8) is 0 Å². The average Bonchev–Trinajstić information content (AvgIpc) is 3.51. The Labute approximate surface area is 253 Å². The highest BCUT2D eigenvalue weighted by atomic mass is 35.5. The second kappa shape index (κ2) is 12.6. The summed E-state index contributed by atoms with van der Waals surface area (Å²) in [5.41, 5.74) is -0.292. The number of aromatic nitrogens is 3. The first kappa shape index (κ1) is 32.7. The van der Waals surface area contributed by atoms with Gasteiger partial charge in [0, 0.05) is 37.3 Å². The van der Waals surface area contributed by atoms with Gasteiger partial charge in [-0.1, -0.05) is 12.8 Å². The molecule has 2 aromatic heterocycles. The van der Waals surface area contributed by atoms with Crippen LogP contribution in [-0.2, 0) is 20.8 Å². The van der Waals surface area contributed by atoms with Gasteiger partial charge < -0.3 is 13.7 Å². The van der Waals surface area contributed by atoms with Gasteiger partial charge in [-0.15, -0.1) is 11.6 Å². The van der Waals surface area contributed by atoms with E-state index in [1.807, 2.05) is 0 Å². The predicted molar refractivity (Wildman–Crippen MR) is 150 cm³/mol. The Morgan fingerprint density at radius 2 is 1.74 bits per heavy atom. The molecule has 3 aliphatic carbocycles. The number of rotatable bonds is 7. The van der Waals surface area contributed by atoms with Crippen LogP contribution in [0, 0.1) is 25.7 Å². The van der Waals surface area contributed by atoms with E-state index in [0.29, 0.717) is 62.3 Å². The summed E-state index contributed by atoms with van der Waals surface area (Å²) >= 11 is 6.49. The highest BCUT2D eigenvalue weighted by molar-refractivity contribution is 7.91. The first-order chi connectivity index (χ1) is 20.1. The third-order valence-corrected chi connectivity index (χ3v) is 12.0. The molecule has 0 radical (unpaired) electrons. The maximum absolute atomic E-state index is 13.6. The zero-order chi connectivity index (χ0) is 31.3. The van der Waals surface area contributed by atoms with Gasteiger partial charge in [0.25, 0.3) is 0 Å². The van der Waals surface area contributed by atoms with E-state index in [1.54, 1.807) is 18.4 Å². The van der Waals surface area contributed by atoms with Gasteiger partial charge in [0.05, 0.1) is 22.4 Å². The fourth-order valence-corrected chi connectivity index (χ4v) is 9.42. The summed E-state index contributed by atoms with van der Waals surface area (Å²) in [6.07, 6.45) is 2.99. The number of oxazole rings is 1. The van der Waals surface area contributed by atoms with Crippen LogP contribution < -0.4 is 0 Å². The van der Waals surface area contributed by atoms with Crippen LogP contribution in [0.4, 0.5) is 22.0 Å². The molecule has 3 aliphatic rings. The Kier molecular flexibility index (Phi) is 9.55. The van der Waals surface area contributed by atoms with Crippen molar-refractivity contribution in [3.8, 4) is 0 Å². The van der Waals surface area contributed by atoms with E-state index < -0.39 is 39.8 Å². The summed E-state index contributed by atoms with van der Waals surface area (Å²) in [5, 5.41) is -1.05. The van der Waals surface area contributed by atoms with Crippen LogP contribution in [0.3, 0.4) is 0 Å². The molecule has 43 heavy (non-hydrogen) atoms. The maximum atomic E-state index is 13.6. The van der Waals surface area contributed by atoms with E-state index in [9.17, 15) is 30.4 Å². The van der Waals surface area contributed by atoms with Crippen LogP contribution in [0.2, 0.25) is 0 Å². The van der Waals surface area contributed by atoms with Crippen molar-refractivity contribution in [2.24, 2.45) is 11.8 Å². The summed E-state index contributed by atoms with van der Waals surface area (Å²) in [6, 6.07) is -0.373. The molecule has 0 saturated heterocycles. The molecule has 242 valence electrons. The highest BCUT2D eigenvalue weighted by Gasteiger charge is 2.44. The molecular weight excluding hydrogens is 617 g/mol. The minimum absolute atomic E-state index is 0.164. The second-order valence-electron chi connectivity index (χ2n) is 12.6. The molecule has 0 N–H and O–H groups in total. The SMILES string of the molecule is Cc1nc(C2CC(C3CCCC(S(C)(=O)=O)C3)CCC2n2cc(C(F)(F)F)nc2C)c(C2CCC(OC(F)F)C(Cl)C2)o1. The molecule has 5 rings (SSSR count). The summed E-state index contributed by atoms with van der Waals surface area (Å²) < 4.78 is 104. The number of ether oxygens (including phenoxy) is 1. The third-order valence-electron chi connectivity index (χ3n) is 9.86. The molecule has 8 unspecified atom stereocenters. The van der Waals surface area contributed by atoms with E-state index in [0.717, 1.165) is 25.5 Å². The molecule has 0 spiro atoms. The van der Waals surface area contributed by atoms with Crippen LogP contribution in [0.15, 0.2) is 10.6 Å². The van der Waals surface area contributed by atoms with Crippen LogP contribution >= 0.6 is 11.6 Å². The lowest BCUT2D eigenvalue weighted by Crippen LogP contribution is -2.36. The molecule has 2 heterocycles. The van der Waals surface area contributed by atoms with Gasteiger partial charge in [-0.25, -0.2) is 18.4 Å². The number of hydrogen-bond acceptors (Lipinski definition) is 6. The number of halogens is 6. The Morgan fingerprint density at radius 3 is 2.37 bits per heavy atom. The van der Waals surface area contributed by atoms with Crippen LogP contribution in [0.1, 0.15) is 111 Å². The Morgan fingerprint density at radius 1 is 1.02 bits per heavy atom. The number of imidazole rings is 1. The number of aryl methyl sites for hydroxylation is 2. The lowest BCUT2D eigenvalue weighted by atomic mass is 9.67. The van der Waals surface area contributed by atoms with E-state index in [1.165, 1.54) is 6.26 Å². The van der Waals surface area contributed by atoms with Crippen molar-refractivity contribution in [1.29, 1.82) is 0 Å². The zero-order valence-electron chi connectivity index (χ0n) is 24.5. The number of hydrogen-bond donors (Lipinski definition) is 0. The lowest BCUT2D eigenvalue weighted by Gasteiger charge is -2.42. The normalized spacial score (nSPS) is 32.8. The largest absolute Gasteiger partial charge is 0.445 e. The number of sulfone groups is 1. The fourth-order valence-electron chi connectivity index (χ4n) is 7.83. The molecule has 7 nitrogen and oxygen atoms in total. The van der Waals surface area contributed by atoms with Gasteiger partial charge in [-0.3, -0.25) is 0 Å². The van der Waals surface area contributed by atoms with Gasteiger partial charge >= 0.3 is 12.8 Å². The minimum atomic E-state index is -4.59. The first-order valence-electron chi connectivity index (χ1n) is 15.0. The quantitative estimate of drug-likeness (QED) is 0.224. The van der Waals surface area contributed by atoms with E-state index in [2.05, 4.69) is 4.98 Å². The number of nitrogens with zero attached hydrogens (tertiary/aromatic N) is 3. The average molecular weight is 656 g/mol. The number of alkyl halides is 6. The lowest BCUT2D eigenvalue weighted by molar-refractivity contribution is -0.169. The molecular formula is C29H39ClF5N3O4S. The van der Waals surface area contributed by atoms with Gasteiger partial charge in [0.2, 0.25) is 0 Å². The molecule has 0 aliphatic heterocycles. The summed E-state index contributed by atoms with van der Waals surface area (Å²) in [4.78, 5) is 8.61. The summed E-state index contributed by atoms with van der Waals surface area (Å²) in [6.45, 7) is 0.356. The van der Waals surface area contributed by atoms with Crippen molar-refractivity contribution >= 4 is 21.4 Å². The van der Waals surface area contributed by atoms with E-state index in [4.69, 9.17) is 25.7 Å². The molecule has 3 fully saturated rings. The predicted octanol–water partition coefficient (Wildman–Crippen LogP) is 7.72.